The van der Waals surface area contributed by atoms with Crippen LogP contribution in [0, 0.1) is 51.4 Å². The molecule has 0 heterocycles. The van der Waals surface area contributed by atoms with E-state index in [9.17, 15) is 4.79 Å². The molecule has 4 rings (SSSR count). The third kappa shape index (κ3) is 3.94. The predicted molar refractivity (Wildman–Crippen MR) is 111 cm³/mol. The molecule has 2 saturated carbocycles. The van der Waals surface area contributed by atoms with Crippen molar-refractivity contribution in [3.05, 3.63) is 58.7 Å². The fourth-order valence-electron chi connectivity index (χ4n) is 3.99. The maximum absolute atomic E-state index is 12.7. The van der Waals surface area contributed by atoms with E-state index in [1.165, 1.54) is 22.3 Å². The van der Waals surface area contributed by atoms with Gasteiger partial charge in [-0.15, -0.1) is 0 Å². The maximum Gasteiger partial charge on any atom is 0.139 e. The summed E-state index contributed by atoms with van der Waals surface area (Å²) in [5, 5.41) is 0. The summed E-state index contributed by atoms with van der Waals surface area (Å²) in [6.45, 7) is 9.67. The molecule has 0 aromatic heterocycles. The van der Waals surface area contributed by atoms with Crippen LogP contribution in [0.15, 0.2) is 36.4 Å². The summed E-state index contributed by atoms with van der Waals surface area (Å²) in [6, 6.07) is 12.3. The number of carbonyl (C=O) groups is 1. The number of carbonyl (C=O) groups excluding carboxylic acids is 1. The molecule has 0 aliphatic heterocycles. The number of hydrogen-bond donors (Lipinski definition) is 0. The van der Waals surface area contributed by atoms with Crippen molar-refractivity contribution in [2.75, 3.05) is 13.2 Å². The molecule has 2 aliphatic carbocycles. The third-order valence-electron chi connectivity index (χ3n) is 6.59. The first kappa shape index (κ1) is 19.0. The fraction of sp³-hybridized carbons (Fsp3) is 0.480. The summed E-state index contributed by atoms with van der Waals surface area (Å²) in [5.74, 6) is 3.49. The van der Waals surface area contributed by atoms with Gasteiger partial charge in [-0.05, 0) is 74.9 Å². The van der Waals surface area contributed by atoms with E-state index in [1.807, 2.05) is 24.3 Å². The molecule has 2 aromatic carbocycles. The van der Waals surface area contributed by atoms with Crippen molar-refractivity contribution in [2.45, 2.75) is 40.5 Å². The van der Waals surface area contributed by atoms with E-state index in [4.69, 9.17) is 9.47 Å². The standard InChI is InChI=1S/C25H30O3/c1-15-7-5-9-23(17(15)3)27-13-19-11-21(19)25(26)22-12-20(22)14-28-24-10-6-8-16(2)18(24)4/h5-10,19-22H,11-14H2,1-4H3. The van der Waals surface area contributed by atoms with E-state index in [1.54, 1.807) is 0 Å². The molecule has 4 atom stereocenters. The van der Waals surface area contributed by atoms with E-state index in [0.29, 0.717) is 30.8 Å². The smallest absolute Gasteiger partial charge is 0.139 e. The Kier molecular flexibility index (Phi) is 5.18. The van der Waals surface area contributed by atoms with Gasteiger partial charge in [-0.2, -0.15) is 0 Å². The van der Waals surface area contributed by atoms with Gasteiger partial charge in [0.25, 0.3) is 0 Å². The summed E-state index contributed by atoms with van der Waals surface area (Å²) in [4.78, 5) is 12.7. The second kappa shape index (κ2) is 7.62. The quantitative estimate of drug-likeness (QED) is 0.632. The lowest BCUT2D eigenvalue weighted by Gasteiger charge is -2.11. The van der Waals surface area contributed by atoms with Crippen molar-refractivity contribution in [2.24, 2.45) is 23.7 Å². The number of ketones is 1. The zero-order valence-electron chi connectivity index (χ0n) is 17.3. The molecular weight excluding hydrogens is 348 g/mol. The summed E-state index contributed by atoms with van der Waals surface area (Å²) in [7, 11) is 0. The first-order valence-electron chi connectivity index (χ1n) is 10.4. The normalized spacial score (nSPS) is 25.3. The van der Waals surface area contributed by atoms with Crippen LogP contribution in [0.3, 0.4) is 0 Å². The van der Waals surface area contributed by atoms with Crippen LogP contribution in [0.4, 0.5) is 0 Å². The van der Waals surface area contributed by atoms with Crippen LogP contribution in [0.1, 0.15) is 35.1 Å². The van der Waals surface area contributed by atoms with Crippen LogP contribution in [-0.2, 0) is 4.79 Å². The molecule has 4 unspecified atom stereocenters. The molecule has 0 radical (unpaired) electrons. The number of ether oxygens (including phenoxy) is 2. The molecule has 0 saturated heterocycles. The Morgan fingerprint density at radius 3 is 1.64 bits per heavy atom. The highest BCUT2D eigenvalue weighted by Crippen LogP contribution is 2.49. The van der Waals surface area contributed by atoms with Crippen molar-refractivity contribution in [1.29, 1.82) is 0 Å². The first-order valence-corrected chi connectivity index (χ1v) is 10.4. The topological polar surface area (TPSA) is 35.5 Å². The molecule has 2 fully saturated rings. The lowest BCUT2D eigenvalue weighted by Crippen LogP contribution is -2.12. The number of benzene rings is 2. The van der Waals surface area contributed by atoms with Gasteiger partial charge < -0.3 is 9.47 Å². The van der Waals surface area contributed by atoms with Gasteiger partial charge in [-0.1, -0.05) is 24.3 Å². The molecule has 0 N–H and O–H groups in total. The van der Waals surface area contributed by atoms with Crippen LogP contribution in [-0.4, -0.2) is 19.0 Å². The number of Topliss-reactive ketones (excluding diaryl/α,β-unsaturated/α-hetero) is 1. The molecule has 0 amide bonds. The average Bonchev–Trinajstić information content (AvgIpc) is 3.58. The molecule has 148 valence electrons. The van der Waals surface area contributed by atoms with Crippen LogP contribution < -0.4 is 9.47 Å². The van der Waals surface area contributed by atoms with Crippen LogP contribution >= 0.6 is 0 Å². The SMILES string of the molecule is Cc1cccc(OCC2CC2C(=O)C2CC2COc2cccc(C)c2C)c1C. The van der Waals surface area contributed by atoms with E-state index in [0.717, 1.165) is 24.3 Å². The zero-order chi connectivity index (χ0) is 19.8. The highest BCUT2D eigenvalue weighted by Gasteiger charge is 2.52. The Bertz CT molecular complexity index is 814. The largest absolute Gasteiger partial charge is 0.493 e. The van der Waals surface area contributed by atoms with E-state index in [-0.39, 0.29) is 11.8 Å². The number of rotatable bonds is 8. The van der Waals surface area contributed by atoms with E-state index < -0.39 is 0 Å². The van der Waals surface area contributed by atoms with Gasteiger partial charge in [0.15, 0.2) is 0 Å². The minimum Gasteiger partial charge on any atom is -0.493 e. The minimum atomic E-state index is 0.195. The van der Waals surface area contributed by atoms with Gasteiger partial charge in [-0.25, -0.2) is 0 Å². The molecular formula is C25H30O3. The molecule has 3 nitrogen and oxygen atoms in total. The molecule has 0 bridgehead atoms. The van der Waals surface area contributed by atoms with Crippen molar-refractivity contribution < 1.29 is 14.3 Å². The fourth-order valence-corrected chi connectivity index (χ4v) is 3.99. The average molecular weight is 379 g/mol. The molecule has 2 aromatic rings. The number of aryl methyl sites for hydroxylation is 2. The lowest BCUT2D eigenvalue weighted by molar-refractivity contribution is -0.122. The summed E-state index contributed by atoms with van der Waals surface area (Å²) in [5.41, 5.74) is 4.87. The van der Waals surface area contributed by atoms with Gasteiger partial charge in [0.2, 0.25) is 0 Å². The zero-order valence-corrected chi connectivity index (χ0v) is 17.3. The van der Waals surface area contributed by atoms with Crippen molar-refractivity contribution in [3.63, 3.8) is 0 Å². The third-order valence-corrected chi connectivity index (χ3v) is 6.59. The second-order valence-corrected chi connectivity index (χ2v) is 8.63. The van der Waals surface area contributed by atoms with Crippen molar-refractivity contribution in [1.82, 2.24) is 0 Å². The summed E-state index contributed by atoms with van der Waals surface area (Å²) < 4.78 is 12.0. The van der Waals surface area contributed by atoms with Gasteiger partial charge in [0.05, 0.1) is 13.2 Å². The summed E-state index contributed by atoms with van der Waals surface area (Å²) in [6.07, 6.45) is 1.95. The summed E-state index contributed by atoms with van der Waals surface area (Å²) >= 11 is 0. The second-order valence-electron chi connectivity index (χ2n) is 8.63. The monoisotopic (exact) mass is 378 g/mol. The van der Waals surface area contributed by atoms with Gasteiger partial charge in [0, 0.05) is 23.7 Å². The molecule has 0 spiro atoms. The van der Waals surface area contributed by atoms with Gasteiger partial charge >= 0.3 is 0 Å². The first-order chi connectivity index (χ1) is 13.5. The lowest BCUT2D eigenvalue weighted by atomic mass is 10.1. The highest BCUT2D eigenvalue weighted by atomic mass is 16.5. The minimum absolute atomic E-state index is 0.195. The van der Waals surface area contributed by atoms with Crippen LogP contribution in [0.2, 0.25) is 0 Å². The maximum atomic E-state index is 12.7. The Labute approximate surface area is 168 Å². The molecule has 3 heteroatoms. The highest BCUT2D eigenvalue weighted by molar-refractivity contribution is 5.88. The Morgan fingerprint density at radius 2 is 1.21 bits per heavy atom. The Morgan fingerprint density at radius 1 is 0.786 bits per heavy atom. The van der Waals surface area contributed by atoms with Crippen molar-refractivity contribution in [3.8, 4) is 11.5 Å². The van der Waals surface area contributed by atoms with E-state index in [2.05, 4.69) is 39.8 Å². The van der Waals surface area contributed by atoms with Gasteiger partial charge in [0.1, 0.15) is 17.3 Å². The van der Waals surface area contributed by atoms with Crippen LogP contribution in [0.25, 0.3) is 0 Å². The van der Waals surface area contributed by atoms with Gasteiger partial charge in [-0.3, -0.25) is 4.79 Å². The molecule has 2 aliphatic rings. The Hall–Kier alpha value is -2.29. The number of hydrogen-bond acceptors (Lipinski definition) is 3. The predicted octanol–water partition coefficient (Wildman–Crippen LogP) is 5.22. The Balaban J connectivity index is 1.22. The molecule has 28 heavy (non-hydrogen) atoms. The van der Waals surface area contributed by atoms with Crippen LogP contribution in [0.5, 0.6) is 11.5 Å². The van der Waals surface area contributed by atoms with Crippen molar-refractivity contribution >= 4 is 5.78 Å². The van der Waals surface area contributed by atoms with E-state index >= 15 is 0 Å².